The van der Waals surface area contributed by atoms with Gasteiger partial charge in [-0.15, -0.1) is 0 Å². The standard InChI is InChI=1S/C18H24N4O5S/c1-4-22-17(24)14-6-5-12(11-15(14)19-18(22)25)16(23)21-9-7-13(8-10-21)20(2)28(3,26)27/h5-6,11,13H,4,7-10H2,1-3H3,(H,19,25). The minimum absolute atomic E-state index is 0.125. The number of nitrogens with zero attached hydrogens (tertiary/aromatic N) is 3. The predicted octanol–water partition coefficient (Wildman–Crippen LogP) is 0.206. The summed E-state index contributed by atoms with van der Waals surface area (Å²) < 4.78 is 25.8. The van der Waals surface area contributed by atoms with Crippen molar-refractivity contribution in [3.63, 3.8) is 0 Å². The fourth-order valence-corrected chi connectivity index (χ4v) is 4.31. The molecule has 2 aromatic rings. The Hall–Kier alpha value is -2.46. The second kappa shape index (κ2) is 7.51. The number of likely N-dealkylation sites (tertiary alicyclic amines) is 1. The summed E-state index contributed by atoms with van der Waals surface area (Å²) in [5, 5.41) is 0.353. The van der Waals surface area contributed by atoms with Crippen LogP contribution in [0.3, 0.4) is 0 Å². The summed E-state index contributed by atoms with van der Waals surface area (Å²) >= 11 is 0. The van der Waals surface area contributed by atoms with Crippen LogP contribution in [-0.4, -0.2) is 65.5 Å². The van der Waals surface area contributed by atoms with Crippen LogP contribution in [0.1, 0.15) is 30.1 Å². The first-order chi connectivity index (χ1) is 13.1. The van der Waals surface area contributed by atoms with E-state index in [1.807, 2.05) is 0 Å². The molecule has 1 aliphatic heterocycles. The third kappa shape index (κ3) is 3.74. The Morgan fingerprint density at radius 3 is 2.46 bits per heavy atom. The summed E-state index contributed by atoms with van der Waals surface area (Å²) in [7, 11) is -1.71. The van der Waals surface area contributed by atoms with Crippen molar-refractivity contribution in [2.45, 2.75) is 32.4 Å². The lowest BCUT2D eigenvalue weighted by molar-refractivity contribution is 0.0686. The average Bonchev–Trinajstić information content (AvgIpc) is 2.66. The molecular weight excluding hydrogens is 384 g/mol. The lowest BCUT2D eigenvalue weighted by Crippen LogP contribution is -2.47. The molecule has 9 nitrogen and oxygen atoms in total. The normalized spacial score (nSPS) is 16.1. The van der Waals surface area contributed by atoms with Gasteiger partial charge >= 0.3 is 5.69 Å². The lowest BCUT2D eigenvalue weighted by Gasteiger charge is -2.35. The van der Waals surface area contributed by atoms with Crippen molar-refractivity contribution >= 4 is 26.8 Å². The first-order valence-corrected chi connectivity index (χ1v) is 11.0. The number of hydrogen-bond acceptors (Lipinski definition) is 5. The maximum absolute atomic E-state index is 12.8. The zero-order valence-electron chi connectivity index (χ0n) is 16.1. The van der Waals surface area contributed by atoms with E-state index >= 15 is 0 Å². The second-order valence-electron chi connectivity index (χ2n) is 7.04. The van der Waals surface area contributed by atoms with Crippen LogP contribution in [-0.2, 0) is 16.6 Å². The van der Waals surface area contributed by atoms with Crippen LogP contribution in [0.15, 0.2) is 27.8 Å². The molecule has 0 spiro atoms. The highest BCUT2D eigenvalue weighted by molar-refractivity contribution is 7.88. The molecule has 2 heterocycles. The van der Waals surface area contributed by atoms with Crippen molar-refractivity contribution in [2.24, 2.45) is 0 Å². The van der Waals surface area contributed by atoms with Crippen molar-refractivity contribution in [2.75, 3.05) is 26.4 Å². The van der Waals surface area contributed by atoms with Gasteiger partial charge in [-0.3, -0.25) is 14.2 Å². The fourth-order valence-electron chi connectivity index (χ4n) is 3.56. The highest BCUT2D eigenvalue weighted by atomic mass is 32.2. The fraction of sp³-hybridized carbons (Fsp3) is 0.500. The van der Waals surface area contributed by atoms with Crippen molar-refractivity contribution in [3.05, 3.63) is 44.6 Å². The van der Waals surface area contributed by atoms with Crippen molar-refractivity contribution in [1.82, 2.24) is 18.8 Å². The number of carbonyl (C=O) groups excluding carboxylic acids is 1. The van der Waals surface area contributed by atoms with Crippen molar-refractivity contribution in [1.29, 1.82) is 0 Å². The lowest BCUT2D eigenvalue weighted by atomic mass is 10.0. The maximum atomic E-state index is 12.8. The number of H-pyrrole nitrogens is 1. The Kier molecular flexibility index (Phi) is 5.44. The summed E-state index contributed by atoms with van der Waals surface area (Å²) in [5.74, 6) is -0.206. The van der Waals surface area contributed by atoms with Gasteiger partial charge in [0.2, 0.25) is 10.0 Å². The molecular formula is C18H24N4O5S. The minimum Gasteiger partial charge on any atom is -0.339 e. The predicted molar refractivity (Wildman–Crippen MR) is 106 cm³/mol. The Morgan fingerprint density at radius 1 is 1.25 bits per heavy atom. The average molecular weight is 408 g/mol. The zero-order valence-corrected chi connectivity index (χ0v) is 17.0. The molecule has 10 heteroatoms. The molecule has 0 unspecified atom stereocenters. The maximum Gasteiger partial charge on any atom is 0.328 e. The van der Waals surface area contributed by atoms with Crippen molar-refractivity contribution in [3.8, 4) is 0 Å². The van der Waals surface area contributed by atoms with Gasteiger partial charge in [-0.2, -0.15) is 0 Å². The zero-order chi connectivity index (χ0) is 20.6. The summed E-state index contributed by atoms with van der Waals surface area (Å²) in [6.45, 7) is 2.86. The Morgan fingerprint density at radius 2 is 1.89 bits per heavy atom. The molecule has 0 aliphatic carbocycles. The summed E-state index contributed by atoms with van der Waals surface area (Å²) in [5.41, 5.74) is -0.178. The molecule has 0 atom stereocenters. The van der Waals surface area contributed by atoms with E-state index < -0.39 is 15.7 Å². The summed E-state index contributed by atoms with van der Waals surface area (Å²) in [4.78, 5) is 41.5. The molecule has 1 aliphatic rings. The van der Waals surface area contributed by atoms with E-state index in [9.17, 15) is 22.8 Å². The van der Waals surface area contributed by atoms with E-state index in [2.05, 4.69) is 4.98 Å². The molecule has 28 heavy (non-hydrogen) atoms. The van der Waals surface area contributed by atoms with Crippen LogP contribution in [0.5, 0.6) is 0 Å². The number of rotatable bonds is 4. The molecule has 0 saturated carbocycles. The molecule has 1 amide bonds. The molecule has 1 fully saturated rings. The number of aromatic nitrogens is 2. The monoisotopic (exact) mass is 408 g/mol. The molecule has 1 aromatic carbocycles. The molecule has 1 aromatic heterocycles. The molecule has 1 saturated heterocycles. The third-order valence-corrected chi connectivity index (χ3v) is 6.68. The van der Waals surface area contributed by atoms with Gasteiger partial charge in [-0.1, -0.05) is 0 Å². The highest BCUT2D eigenvalue weighted by Crippen LogP contribution is 2.20. The van der Waals surface area contributed by atoms with Crippen LogP contribution in [0.4, 0.5) is 0 Å². The van der Waals surface area contributed by atoms with Crippen LogP contribution in [0.2, 0.25) is 0 Å². The topological polar surface area (TPSA) is 113 Å². The molecule has 1 N–H and O–H groups in total. The van der Waals surface area contributed by atoms with Crippen LogP contribution < -0.4 is 11.2 Å². The Labute approximate surface area is 162 Å². The second-order valence-corrected chi connectivity index (χ2v) is 9.08. The first-order valence-electron chi connectivity index (χ1n) is 9.12. The van der Waals surface area contributed by atoms with Crippen LogP contribution in [0, 0.1) is 0 Å². The first kappa shape index (κ1) is 20.3. The number of fused-ring (bicyclic) bond motifs is 1. The van der Waals surface area contributed by atoms with E-state index in [-0.39, 0.29) is 24.1 Å². The highest BCUT2D eigenvalue weighted by Gasteiger charge is 2.29. The number of piperidine rings is 1. The van der Waals surface area contributed by atoms with Gasteiger partial charge in [0.25, 0.3) is 11.5 Å². The number of sulfonamides is 1. The smallest absolute Gasteiger partial charge is 0.328 e. The number of nitrogens with one attached hydrogen (secondary N) is 1. The molecule has 3 rings (SSSR count). The minimum atomic E-state index is -3.27. The Balaban J connectivity index is 1.81. The SMILES string of the molecule is CCn1c(=O)[nH]c2cc(C(=O)N3CCC(N(C)S(C)(=O)=O)CC3)ccc2c1=O. The molecule has 152 valence electrons. The Bertz CT molecular complexity index is 1130. The number of carbonyl (C=O) groups is 1. The van der Waals surface area contributed by atoms with Gasteiger partial charge in [0.1, 0.15) is 0 Å². The van der Waals surface area contributed by atoms with E-state index in [0.29, 0.717) is 42.4 Å². The van der Waals surface area contributed by atoms with E-state index in [4.69, 9.17) is 0 Å². The van der Waals surface area contributed by atoms with Gasteiger partial charge in [0, 0.05) is 38.3 Å². The van der Waals surface area contributed by atoms with Gasteiger partial charge < -0.3 is 9.88 Å². The van der Waals surface area contributed by atoms with Gasteiger partial charge in [-0.05, 0) is 38.0 Å². The molecule has 0 bridgehead atoms. The van der Waals surface area contributed by atoms with Gasteiger partial charge in [0.15, 0.2) is 0 Å². The number of amides is 1. The largest absolute Gasteiger partial charge is 0.339 e. The van der Waals surface area contributed by atoms with Crippen LogP contribution in [0.25, 0.3) is 10.9 Å². The van der Waals surface area contributed by atoms with Gasteiger partial charge in [-0.25, -0.2) is 17.5 Å². The molecule has 0 radical (unpaired) electrons. The van der Waals surface area contributed by atoms with Crippen LogP contribution >= 0.6 is 0 Å². The number of aromatic amines is 1. The summed E-state index contributed by atoms with van der Waals surface area (Å²) in [6.07, 6.45) is 2.29. The van der Waals surface area contributed by atoms with Crippen molar-refractivity contribution < 1.29 is 13.2 Å². The quantitative estimate of drug-likeness (QED) is 0.777. The van der Waals surface area contributed by atoms with E-state index in [0.717, 1.165) is 4.57 Å². The number of hydrogen-bond donors (Lipinski definition) is 1. The third-order valence-electron chi connectivity index (χ3n) is 5.33. The number of benzene rings is 1. The summed E-state index contributed by atoms with van der Waals surface area (Å²) in [6, 6.07) is 4.53. The van der Waals surface area contributed by atoms with Gasteiger partial charge in [0.05, 0.1) is 17.2 Å². The van der Waals surface area contributed by atoms with E-state index in [1.165, 1.54) is 16.6 Å². The van der Waals surface area contributed by atoms with E-state index in [1.54, 1.807) is 31.0 Å².